The van der Waals surface area contributed by atoms with E-state index in [1.54, 1.807) is 4.90 Å². The molecule has 1 aromatic rings. The maximum absolute atomic E-state index is 11.7. The number of carbonyl (C=O) groups is 2. The van der Waals surface area contributed by atoms with Crippen molar-refractivity contribution >= 4 is 40.6 Å². The van der Waals surface area contributed by atoms with Crippen LogP contribution in [0.25, 0.3) is 0 Å². The average Bonchev–Trinajstić information content (AvgIpc) is 2.69. The van der Waals surface area contributed by atoms with Gasteiger partial charge in [-0.05, 0) is 43.9 Å². The van der Waals surface area contributed by atoms with Crippen molar-refractivity contribution in [2.75, 3.05) is 50.7 Å². The lowest BCUT2D eigenvalue weighted by Crippen LogP contribution is -2.47. The number of benzene rings is 1. The average molecular weight is 412 g/mol. The summed E-state index contributed by atoms with van der Waals surface area (Å²) in [6.07, 6.45) is 3.15. The van der Waals surface area contributed by atoms with E-state index >= 15 is 0 Å². The van der Waals surface area contributed by atoms with Crippen LogP contribution in [-0.2, 0) is 9.59 Å². The Morgan fingerprint density at radius 2 is 1.70 bits per heavy atom. The van der Waals surface area contributed by atoms with Crippen molar-refractivity contribution in [2.24, 2.45) is 5.92 Å². The first-order valence-corrected chi connectivity index (χ1v) is 10.4. The molecule has 0 aliphatic carbocycles. The van der Waals surface area contributed by atoms with Gasteiger partial charge in [0.25, 0.3) is 5.91 Å². The van der Waals surface area contributed by atoms with Crippen LogP contribution in [-0.4, -0.2) is 67.3 Å². The summed E-state index contributed by atoms with van der Waals surface area (Å²) in [7, 11) is 0. The second-order valence-corrected chi connectivity index (χ2v) is 8.27. The summed E-state index contributed by atoms with van der Waals surface area (Å²) in [5.41, 5.74) is 1.02. The Morgan fingerprint density at radius 1 is 1.04 bits per heavy atom. The number of piperazine rings is 1. The van der Waals surface area contributed by atoms with Gasteiger partial charge in [-0.15, -0.1) is 0 Å². The predicted molar refractivity (Wildman–Crippen MR) is 110 cm³/mol. The molecule has 0 atom stereocenters. The Labute approximate surface area is 171 Å². The molecular weight excluding hydrogens is 385 g/mol. The van der Waals surface area contributed by atoms with Crippen molar-refractivity contribution in [3.05, 3.63) is 28.2 Å². The van der Waals surface area contributed by atoms with Crippen LogP contribution in [0.3, 0.4) is 0 Å². The highest BCUT2D eigenvalue weighted by Gasteiger charge is 2.26. The molecule has 2 aliphatic rings. The molecule has 1 aromatic carbocycles. The summed E-state index contributed by atoms with van der Waals surface area (Å²) >= 11 is 12.5. The number of piperidine rings is 1. The van der Waals surface area contributed by atoms with E-state index in [1.165, 1.54) is 6.92 Å². The molecular formula is C20H27Cl2N3O2. The number of ketones is 1. The van der Waals surface area contributed by atoms with Gasteiger partial charge in [0, 0.05) is 46.2 Å². The van der Waals surface area contributed by atoms with Gasteiger partial charge >= 0.3 is 0 Å². The molecule has 2 aliphatic heterocycles. The number of Topliss-reactive ketones (excluding diaryl/α,β-unsaturated/α-hetero) is 1. The third kappa shape index (κ3) is 5.15. The number of halogens is 2. The van der Waals surface area contributed by atoms with E-state index in [2.05, 4.69) is 9.80 Å². The van der Waals surface area contributed by atoms with Crippen molar-refractivity contribution < 1.29 is 9.59 Å². The first kappa shape index (κ1) is 20.4. The van der Waals surface area contributed by atoms with Gasteiger partial charge in [0.2, 0.25) is 5.78 Å². The fraction of sp³-hybridized carbons (Fsp3) is 0.600. The molecule has 2 heterocycles. The molecule has 2 saturated heterocycles. The summed E-state index contributed by atoms with van der Waals surface area (Å²) in [5, 5.41) is 1.24. The van der Waals surface area contributed by atoms with Crippen LogP contribution in [0.5, 0.6) is 0 Å². The number of nitrogens with zero attached hydrogens (tertiary/aromatic N) is 3. The Balaban J connectivity index is 1.40. The number of rotatable bonds is 5. The SMILES string of the molecule is CC(=O)C(=O)N1CCC(CCN2CCN(c3cccc(Cl)c3Cl)CC2)CC1. The zero-order chi connectivity index (χ0) is 19.4. The number of amides is 1. The fourth-order valence-electron chi connectivity index (χ4n) is 3.96. The van der Waals surface area contributed by atoms with Crippen LogP contribution in [0.2, 0.25) is 10.0 Å². The van der Waals surface area contributed by atoms with Gasteiger partial charge in [-0.25, -0.2) is 0 Å². The minimum absolute atomic E-state index is 0.329. The Bertz CT molecular complexity index is 682. The summed E-state index contributed by atoms with van der Waals surface area (Å²) < 4.78 is 0. The number of hydrogen-bond acceptors (Lipinski definition) is 4. The van der Waals surface area contributed by atoms with Crippen molar-refractivity contribution in [1.29, 1.82) is 0 Å². The van der Waals surface area contributed by atoms with Gasteiger partial charge in [0.05, 0.1) is 15.7 Å². The maximum atomic E-state index is 11.7. The van der Waals surface area contributed by atoms with E-state index in [1.807, 2.05) is 18.2 Å². The zero-order valence-corrected chi connectivity index (χ0v) is 17.3. The number of carbonyl (C=O) groups excluding carboxylic acids is 2. The number of likely N-dealkylation sites (tertiary alicyclic amines) is 1. The zero-order valence-electron chi connectivity index (χ0n) is 15.8. The van der Waals surface area contributed by atoms with Crippen LogP contribution >= 0.6 is 23.2 Å². The van der Waals surface area contributed by atoms with E-state index in [-0.39, 0.29) is 11.7 Å². The fourth-order valence-corrected chi connectivity index (χ4v) is 4.38. The molecule has 0 spiro atoms. The second kappa shape index (κ2) is 9.26. The van der Waals surface area contributed by atoms with Crippen LogP contribution in [0.1, 0.15) is 26.2 Å². The number of hydrogen-bond donors (Lipinski definition) is 0. The van der Waals surface area contributed by atoms with Crippen molar-refractivity contribution in [3.8, 4) is 0 Å². The molecule has 0 bridgehead atoms. The molecule has 5 nitrogen and oxygen atoms in total. The molecule has 0 aromatic heterocycles. The van der Waals surface area contributed by atoms with Crippen LogP contribution < -0.4 is 4.90 Å². The molecule has 1 amide bonds. The van der Waals surface area contributed by atoms with Gasteiger partial charge < -0.3 is 9.80 Å². The van der Waals surface area contributed by atoms with E-state index in [0.29, 0.717) is 29.1 Å². The highest BCUT2D eigenvalue weighted by Crippen LogP contribution is 2.33. The smallest absolute Gasteiger partial charge is 0.289 e. The van der Waals surface area contributed by atoms with Crippen molar-refractivity contribution in [2.45, 2.75) is 26.2 Å². The third-order valence-electron chi connectivity index (χ3n) is 5.70. The second-order valence-electron chi connectivity index (χ2n) is 7.48. The van der Waals surface area contributed by atoms with Gasteiger partial charge in [0.15, 0.2) is 0 Å². The first-order valence-electron chi connectivity index (χ1n) is 9.67. The minimum Gasteiger partial charge on any atom is -0.368 e. The summed E-state index contributed by atoms with van der Waals surface area (Å²) in [5.74, 6) is -0.0446. The molecule has 0 N–H and O–H groups in total. The van der Waals surface area contributed by atoms with E-state index in [4.69, 9.17) is 23.2 Å². The van der Waals surface area contributed by atoms with Gasteiger partial charge in [-0.2, -0.15) is 0 Å². The summed E-state index contributed by atoms with van der Waals surface area (Å²) in [4.78, 5) is 29.5. The molecule has 0 radical (unpaired) electrons. The minimum atomic E-state index is -0.355. The predicted octanol–water partition coefficient (Wildman–Crippen LogP) is 3.33. The molecule has 2 fully saturated rings. The molecule has 0 unspecified atom stereocenters. The van der Waals surface area contributed by atoms with Crippen molar-refractivity contribution in [3.63, 3.8) is 0 Å². The highest BCUT2D eigenvalue weighted by molar-refractivity contribution is 6.43. The lowest BCUT2D eigenvalue weighted by atomic mass is 9.93. The quantitative estimate of drug-likeness (QED) is 0.696. The van der Waals surface area contributed by atoms with Gasteiger partial charge in [-0.3, -0.25) is 14.5 Å². The highest BCUT2D eigenvalue weighted by atomic mass is 35.5. The normalized spacial score (nSPS) is 19.4. The maximum Gasteiger partial charge on any atom is 0.289 e. The summed E-state index contributed by atoms with van der Waals surface area (Å²) in [6, 6.07) is 5.79. The van der Waals surface area contributed by atoms with Crippen LogP contribution in [0.4, 0.5) is 5.69 Å². The molecule has 148 valence electrons. The van der Waals surface area contributed by atoms with Gasteiger partial charge in [-0.1, -0.05) is 29.3 Å². The largest absolute Gasteiger partial charge is 0.368 e. The Hall–Kier alpha value is -1.30. The molecule has 27 heavy (non-hydrogen) atoms. The topological polar surface area (TPSA) is 43.9 Å². The monoisotopic (exact) mass is 411 g/mol. The van der Waals surface area contributed by atoms with Gasteiger partial charge in [0.1, 0.15) is 0 Å². The standard InChI is InChI=1S/C20H27Cl2N3O2/c1-15(26)20(27)25-9-6-16(7-10-25)5-8-23-11-13-24(14-12-23)18-4-2-3-17(21)19(18)22/h2-4,16H,5-14H2,1H3. The molecule has 3 rings (SSSR count). The molecule has 7 heteroatoms. The van der Waals surface area contributed by atoms with E-state index in [0.717, 1.165) is 57.7 Å². The Kier molecular flexibility index (Phi) is 7.01. The Morgan fingerprint density at radius 3 is 2.33 bits per heavy atom. The lowest BCUT2D eigenvalue weighted by molar-refractivity contribution is -0.144. The lowest BCUT2D eigenvalue weighted by Gasteiger charge is -2.38. The third-order valence-corrected chi connectivity index (χ3v) is 6.51. The first-order chi connectivity index (χ1) is 13.0. The van der Waals surface area contributed by atoms with E-state index in [9.17, 15) is 9.59 Å². The van der Waals surface area contributed by atoms with Crippen LogP contribution in [0.15, 0.2) is 18.2 Å². The van der Waals surface area contributed by atoms with Crippen molar-refractivity contribution in [1.82, 2.24) is 9.80 Å². The van der Waals surface area contributed by atoms with Crippen LogP contribution in [0, 0.1) is 5.92 Å². The van der Waals surface area contributed by atoms with E-state index < -0.39 is 0 Å². The number of anilines is 1. The summed E-state index contributed by atoms with van der Waals surface area (Å²) in [6.45, 7) is 7.80. The molecule has 0 saturated carbocycles.